The van der Waals surface area contributed by atoms with Gasteiger partial charge in [0, 0.05) is 15.8 Å². The van der Waals surface area contributed by atoms with Crippen LogP contribution in [0.2, 0.25) is 0 Å². The molecule has 0 saturated heterocycles. The summed E-state index contributed by atoms with van der Waals surface area (Å²) in [5.41, 5.74) is 1.11. The molecule has 154 valence electrons. The number of carbonyl (C=O) groups excluding carboxylic acids is 2. The smallest absolute Gasteiger partial charge is 0.341 e. The number of hydrogen-bond acceptors (Lipinski definition) is 10. The number of aromatic nitrogens is 2. The van der Waals surface area contributed by atoms with Gasteiger partial charge in [0.2, 0.25) is 5.91 Å². The van der Waals surface area contributed by atoms with Gasteiger partial charge in [-0.15, -0.1) is 32.9 Å². The van der Waals surface area contributed by atoms with Crippen LogP contribution < -0.4 is 5.32 Å². The van der Waals surface area contributed by atoms with Crippen molar-refractivity contribution in [1.82, 2.24) is 10.2 Å². The van der Waals surface area contributed by atoms with Crippen molar-refractivity contribution in [3.05, 3.63) is 46.9 Å². The van der Waals surface area contributed by atoms with Crippen LogP contribution >= 0.6 is 34.4 Å². The third kappa shape index (κ3) is 4.48. The van der Waals surface area contributed by atoms with Gasteiger partial charge in [-0.2, -0.15) is 0 Å². The molecule has 0 bridgehead atoms. The van der Waals surface area contributed by atoms with Gasteiger partial charge < -0.3 is 18.9 Å². The van der Waals surface area contributed by atoms with Crippen molar-refractivity contribution < 1.29 is 23.2 Å². The van der Waals surface area contributed by atoms with Crippen LogP contribution in [0, 0.1) is 0 Å². The molecule has 0 aliphatic carbocycles. The van der Waals surface area contributed by atoms with E-state index in [1.807, 2.05) is 22.9 Å². The zero-order valence-electron chi connectivity index (χ0n) is 15.6. The number of ether oxygens (including phenoxy) is 1. The largest absolute Gasteiger partial charge is 0.462 e. The van der Waals surface area contributed by atoms with Crippen LogP contribution in [0.25, 0.3) is 22.1 Å². The lowest BCUT2D eigenvalue weighted by Gasteiger charge is -2.07. The molecule has 0 spiro atoms. The van der Waals surface area contributed by atoms with Crippen molar-refractivity contribution >= 4 is 51.3 Å². The minimum absolute atomic E-state index is 0.0360. The van der Waals surface area contributed by atoms with Gasteiger partial charge in [-0.3, -0.25) is 4.79 Å². The van der Waals surface area contributed by atoms with Gasteiger partial charge in [-0.25, -0.2) is 4.79 Å². The highest BCUT2D eigenvalue weighted by Gasteiger charge is 2.23. The van der Waals surface area contributed by atoms with Gasteiger partial charge >= 0.3 is 5.97 Å². The third-order valence-corrected chi connectivity index (χ3v) is 6.39. The molecule has 11 heteroatoms. The van der Waals surface area contributed by atoms with Gasteiger partial charge in [0.05, 0.1) is 18.6 Å². The number of furan rings is 1. The van der Waals surface area contributed by atoms with E-state index in [9.17, 15) is 9.59 Å². The normalized spacial score (nSPS) is 10.8. The lowest BCUT2D eigenvalue weighted by atomic mass is 10.1. The molecule has 4 aromatic rings. The van der Waals surface area contributed by atoms with Gasteiger partial charge in [0.25, 0.3) is 11.1 Å². The summed E-state index contributed by atoms with van der Waals surface area (Å²) in [7, 11) is 0. The van der Waals surface area contributed by atoms with Crippen LogP contribution in [0.4, 0.5) is 5.00 Å². The van der Waals surface area contributed by atoms with Crippen LogP contribution in [0.3, 0.4) is 0 Å². The SMILES string of the molecule is CCOC(=O)c1c(-c2cccs2)csc1NC(=O)CSc1nnc(-c2ccco2)o1. The number of thiophene rings is 2. The van der Waals surface area contributed by atoms with Gasteiger partial charge in [0.15, 0.2) is 5.76 Å². The predicted octanol–water partition coefficient (Wildman–Crippen LogP) is 5.03. The fourth-order valence-electron chi connectivity index (χ4n) is 2.53. The number of nitrogens with one attached hydrogen (secondary N) is 1. The first-order valence-electron chi connectivity index (χ1n) is 8.78. The van der Waals surface area contributed by atoms with E-state index in [0.717, 1.165) is 22.2 Å². The van der Waals surface area contributed by atoms with E-state index in [4.69, 9.17) is 13.6 Å². The number of anilines is 1. The molecule has 0 radical (unpaired) electrons. The average Bonchev–Trinajstić information content (AvgIpc) is 3.53. The highest BCUT2D eigenvalue weighted by molar-refractivity contribution is 7.99. The Hall–Kier alpha value is -2.89. The van der Waals surface area contributed by atoms with Crippen LogP contribution in [0.15, 0.2) is 55.3 Å². The number of rotatable bonds is 8. The third-order valence-electron chi connectivity index (χ3n) is 3.78. The summed E-state index contributed by atoms with van der Waals surface area (Å²) < 4.78 is 15.9. The Morgan fingerprint density at radius 3 is 2.87 bits per heavy atom. The summed E-state index contributed by atoms with van der Waals surface area (Å²) >= 11 is 3.89. The molecular weight excluding hydrogens is 446 g/mol. The number of hydrogen-bond donors (Lipinski definition) is 1. The second kappa shape index (κ2) is 9.28. The van der Waals surface area contributed by atoms with Gasteiger partial charge in [0.1, 0.15) is 10.6 Å². The molecule has 8 nitrogen and oxygen atoms in total. The second-order valence-corrected chi connectivity index (χ2v) is 8.49. The molecule has 1 amide bonds. The quantitative estimate of drug-likeness (QED) is 0.288. The van der Waals surface area contributed by atoms with E-state index in [1.54, 1.807) is 19.1 Å². The maximum Gasteiger partial charge on any atom is 0.341 e. The molecule has 0 atom stereocenters. The fourth-order valence-corrected chi connectivity index (χ4v) is 4.88. The summed E-state index contributed by atoms with van der Waals surface area (Å²) in [6.07, 6.45) is 1.51. The molecule has 0 aliphatic rings. The lowest BCUT2D eigenvalue weighted by Crippen LogP contribution is -2.16. The molecular formula is C19H15N3O5S3. The lowest BCUT2D eigenvalue weighted by molar-refractivity contribution is -0.113. The molecule has 0 fully saturated rings. The topological polar surface area (TPSA) is 107 Å². The van der Waals surface area contributed by atoms with Gasteiger partial charge in [-0.1, -0.05) is 17.8 Å². The maximum atomic E-state index is 12.5. The monoisotopic (exact) mass is 461 g/mol. The van der Waals surface area contributed by atoms with Crippen molar-refractivity contribution in [2.24, 2.45) is 0 Å². The predicted molar refractivity (Wildman–Crippen MR) is 115 cm³/mol. The highest BCUT2D eigenvalue weighted by atomic mass is 32.2. The zero-order chi connectivity index (χ0) is 20.9. The first-order valence-corrected chi connectivity index (χ1v) is 11.5. The number of esters is 1. The molecule has 0 aliphatic heterocycles. The molecule has 0 saturated carbocycles. The van der Waals surface area contributed by atoms with Crippen molar-refractivity contribution in [2.45, 2.75) is 12.1 Å². The van der Waals surface area contributed by atoms with Crippen LogP contribution in [0.1, 0.15) is 17.3 Å². The van der Waals surface area contributed by atoms with Gasteiger partial charge in [-0.05, 0) is 30.5 Å². The Morgan fingerprint density at radius 1 is 1.23 bits per heavy atom. The summed E-state index contributed by atoms with van der Waals surface area (Å²) in [4.78, 5) is 25.9. The molecule has 4 rings (SSSR count). The molecule has 30 heavy (non-hydrogen) atoms. The molecule has 4 aromatic heterocycles. The van der Waals surface area contributed by atoms with Crippen molar-refractivity contribution in [3.63, 3.8) is 0 Å². The van der Waals surface area contributed by atoms with Crippen LogP contribution in [-0.2, 0) is 9.53 Å². The number of thioether (sulfide) groups is 1. The van der Waals surface area contributed by atoms with E-state index in [0.29, 0.717) is 16.3 Å². The minimum atomic E-state index is -0.468. The zero-order valence-corrected chi connectivity index (χ0v) is 18.1. The second-order valence-electron chi connectivity index (χ2n) is 5.74. The minimum Gasteiger partial charge on any atom is -0.462 e. The van der Waals surface area contributed by atoms with Crippen molar-refractivity contribution in [2.75, 3.05) is 17.7 Å². The maximum absolute atomic E-state index is 12.5. The summed E-state index contributed by atoms with van der Waals surface area (Å²) in [6.45, 7) is 1.99. The fraction of sp³-hybridized carbons (Fsp3) is 0.158. The van der Waals surface area contributed by atoms with E-state index in [2.05, 4.69) is 15.5 Å². The standard InChI is InChI=1S/C19H15N3O5S3/c1-2-25-18(24)15-11(13-6-4-8-28-13)9-29-17(15)20-14(23)10-30-19-22-21-16(27-19)12-5-3-7-26-12/h3-9H,2,10H2,1H3,(H,20,23). The average molecular weight is 462 g/mol. The summed E-state index contributed by atoms with van der Waals surface area (Å²) in [5, 5.41) is 15.0. The molecule has 0 aromatic carbocycles. The van der Waals surface area contributed by atoms with Crippen LogP contribution in [-0.4, -0.2) is 34.4 Å². The Bertz CT molecular complexity index is 1130. The van der Waals surface area contributed by atoms with Crippen LogP contribution in [0.5, 0.6) is 0 Å². The number of carbonyl (C=O) groups is 2. The Kier molecular flexibility index (Phi) is 6.31. The highest BCUT2D eigenvalue weighted by Crippen LogP contribution is 2.38. The Labute approximate surface area is 183 Å². The summed E-state index contributed by atoms with van der Waals surface area (Å²) in [6, 6.07) is 7.24. The van der Waals surface area contributed by atoms with Crippen molar-refractivity contribution in [1.29, 1.82) is 0 Å². The van der Waals surface area contributed by atoms with Crippen molar-refractivity contribution in [3.8, 4) is 22.1 Å². The van der Waals surface area contributed by atoms with E-state index >= 15 is 0 Å². The first kappa shape index (κ1) is 20.4. The Morgan fingerprint density at radius 2 is 2.13 bits per heavy atom. The van der Waals surface area contributed by atoms with E-state index in [1.165, 1.54) is 28.9 Å². The molecule has 1 N–H and O–H groups in total. The number of nitrogens with zero attached hydrogens (tertiary/aromatic N) is 2. The first-order chi connectivity index (χ1) is 14.7. The Balaban J connectivity index is 1.45. The van der Waals surface area contributed by atoms with E-state index in [-0.39, 0.29) is 29.4 Å². The molecule has 0 unspecified atom stereocenters. The number of amides is 1. The summed E-state index contributed by atoms with van der Waals surface area (Å²) in [5.74, 6) is -0.0363. The molecule has 4 heterocycles. The van der Waals surface area contributed by atoms with E-state index < -0.39 is 5.97 Å².